The first-order valence-electron chi connectivity index (χ1n) is 8.28. The topological polar surface area (TPSA) is 58.6 Å². The Morgan fingerprint density at radius 3 is 2.50 bits per heavy atom. The van der Waals surface area contributed by atoms with Crippen LogP contribution in [0.15, 0.2) is 42.0 Å². The van der Waals surface area contributed by atoms with Crippen LogP contribution in [0.1, 0.15) is 16.7 Å². The number of aryl methyl sites for hydroxylation is 1. The molecule has 5 nitrogen and oxygen atoms in total. The molecule has 1 aliphatic rings. The molecule has 0 radical (unpaired) electrons. The largest absolute Gasteiger partial charge is 0.486 e. The van der Waals surface area contributed by atoms with Gasteiger partial charge in [0.1, 0.15) is 12.2 Å². The second kappa shape index (κ2) is 8.31. The zero-order valence-electron chi connectivity index (χ0n) is 15.1. The molecule has 2 aromatic rings. The van der Waals surface area contributed by atoms with E-state index in [0.29, 0.717) is 17.9 Å². The van der Waals surface area contributed by atoms with Gasteiger partial charge in [-0.1, -0.05) is 53.0 Å². The van der Waals surface area contributed by atoms with E-state index < -0.39 is 11.8 Å². The first kappa shape index (κ1) is 20.3. The summed E-state index contributed by atoms with van der Waals surface area (Å²) < 4.78 is 5.77. The highest BCUT2D eigenvalue weighted by Crippen LogP contribution is 2.35. The molecule has 0 atom stereocenters. The van der Waals surface area contributed by atoms with Crippen LogP contribution in [0.5, 0.6) is 5.75 Å². The third-order valence-corrected chi connectivity index (χ3v) is 5.04. The number of halogens is 2. The third kappa shape index (κ3) is 4.35. The number of nitrogens with one attached hydrogen (secondary N) is 1. The minimum atomic E-state index is -0.569. The Morgan fingerprint density at radius 1 is 1.18 bits per heavy atom. The van der Waals surface area contributed by atoms with Gasteiger partial charge < -0.3 is 4.74 Å². The average Bonchev–Trinajstić information content (AvgIpc) is 2.63. The van der Waals surface area contributed by atoms with Crippen LogP contribution in [-0.2, 0) is 16.2 Å². The molecule has 3 rings (SSSR count). The predicted molar refractivity (Wildman–Crippen MR) is 113 cm³/mol. The van der Waals surface area contributed by atoms with Gasteiger partial charge in [0.2, 0.25) is 0 Å². The Kier molecular flexibility index (Phi) is 6.03. The molecule has 1 N–H and O–H groups in total. The van der Waals surface area contributed by atoms with Crippen molar-refractivity contribution in [2.24, 2.45) is 0 Å². The molecule has 0 bridgehead atoms. The van der Waals surface area contributed by atoms with E-state index in [1.165, 1.54) is 18.0 Å². The van der Waals surface area contributed by atoms with Crippen molar-refractivity contribution in [3.63, 3.8) is 0 Å². The van der Waals surface area contributed by atoms with Crippen LogP contribution in [0.4, 0.5) is 0 Å². The van der Waals surface area contributed by atoms with Gasteiger partial charge in [-0.25, -0.2) is 0 Å². The lowest BCUT2D eigenvalue weighted by atomic mass is 10.1. The van der Waals surface area contributed by atoms with Crippen LogP contribution in [0.25, 0.3) is 6.08 Å². The number of rotatable bonds is 4. The maximum absolute atomic E-state index is 12.3. The number of carbonyl (C=O) groups is 2. The zero-order chi connectivity index (χ0) is 20.4. The molecule has 1 aliphatic heterocycles. The molecule has 144 valence electrons. The number of benzene rings is 2. The summed E-state index contributed by atoms with van der Waals surface area (Å²) >= 11 is 17.6. The number of nitrogens with zero attached hydrogens (tertiary/aromatic N) is 1. The van der Waals surface area contributed by atoms with Crippen LogP contribution in [-0.4, -0.2) is 28.9 Å². The molecule has 2 amide bonds. The van der Waals surface area contributed by atoms with Crippen molar-refractivity contribution in [2.75, 3.05) is 7.05 Å². The molecule has 0 unspecified atom stereocenters. The van der Waals surface area contributed by atoms with Crippen LogP contribution in [0.2, 0.25) is 10.0 Å². The quantitative estimate of drug-likeness (QED) is 0.446. The summed E-state index contributed by atoms with van der Waals surface area (Å²) in [6.45, 7) is 2.31. The fourth-order valence-corrected chi connectivity index (χ4v) is 3.46. The highest BCUT2D eigenvalue weighted by Gasteiger charge is 2.30. The van der Waals surface area contributed by atoms with Gasteiger partial charge in [0, 0.05) is 7.05 Å². The number of hydrogen-bond acceptors (Lipinski definition) is 4. The Balaban J connectivity index is 1.84. The van der Waals surface area contributed by atoms with Crippen molar-refractivity contribution < 1.29 is 14.3 Å². The molecular weight excluding hydrogens is 419 g/mol. The lowest BCUT2D eigenvalue weighted by Gasteiger charge is -2.25. The van der Waals surface area contributed by atoms with Gasteiger partial charge in [0.15, 0.2) is 10.9 Å². The maximum atomic E-state index is 12.3. The van der Waals surface area contributed by atoms with E-state index in [-0.39, 0.29) is 20.7 Å². The highest BCUT2D eigenvalue weighted by atomic mass is 35.5. The molecular formula is C20H16Cl2N2O3S. The smallest absolute Gasteiger partial charge is 0.265 e. The van der Waals surface area contributed by atoms with E-state index in [0.717, 1.165) is 11.1 Å². The van der Waals surface area contributed by atoms with Gasteiger partial charge in [-0.2, -0.15) is 0 Å². The molecule has 0 saturated carbocycles. The summed E-state index contributed by atoms with van der Waals surface area (Å²) in [5.74, 6) is -0.731. The fourth-order valence-electron chi connectivity index (χ4n) is 2.67. The lowest BCUT2D eigenvalue weighted by molar-refractivity contribution is -0.128. The maximum Gasteiger partial charge on any atom is 0.265 e. The minimum Gasteiger partial charge on any atom is -0.486 e. The molecule has 0 aliphatic carbocycles. The second-order valence-corrected chi connectivity index (χ2v) is 7.47. The van der Waals surface area contributed by atoms with E-state index in [9.17, 15) is 9.59 Å². The number of ether oxygens (including phenoxy) is 1. The standard InChI is InChI=1S/C20H16Cl2N2O3S/c1-11-4-3-5-12(6-11)10-27-17-15(21)8-13(9-16(17)22)7-14-18(25)23-20(28)24(2)19(14)26/h3-9H,10H2,1-2H3,(H,23,25,28)/b14-7+. The Bertz CT molecular complexity index is 997. The molecule has 28 heavy (non-hydrogen) atoms. The second-order valence-electron chi connectivity index (χ2n) is 6.27. The minimum absolute atomic E-state index is 0.0584. The van der Waals surface area contributed by atoms with Crippen molar-refractivity contribution in [3.8, 4) is 5.75 Å². The summed E-state index contributed by atoms with van der Waals surface area (Å²) in [6.07, 6.45) is 1.41. The molecule has 0 spiro atoms. The number of carbonyl (C=O) groups excluding carboxylic acids is 2. The third-order valence-electron chi connectivity index (χ3n) is 4.10. The normalized spacial score (nSPS) is 15.8. The summed E-state index contributed by atoms with van der Waals surface area (Å²) in [7, 11) is 1.49. The van der Waals surface area contributed by atoms with Crippen LogP contribution < -0.4 is 10.1 Å². The van der Waals surface area contributed by atoms with Gasteiger partial charge in [0.05, 0.1) is 10.0 Å². The van der Waals surface area contributed by atoms with E-state index in [2.05, 4.69) is 5.32 Å². The van der Waals surface area contributed by atoms with Crippen molar-refractivity contribution in [3.05, 3.63) is 68.7 Å². The van der Waals surface area contributed by atoms with E-state index in [4.69, 9.17) is 40.2 Å². The molecule has 2 aromatic carbocycles. The number of amides is 2. The Labute approximate surface area is 177 Å². The van der Waals surface area contributed by atoms with Crippen LogP contribution in [0.3, 0.4) is 0 Å². The molecule has 1 fully saturated rings. The average molecular weight is 435 g/mol. The van der Waals surface area contributed by atoms with Gasteiger partial charge in [-0.05, 0) is 48.5 Å². The Morgan fingerprint density at radius 2 is 1.86 bits per heavy atom. The summed E-state index contributed by atoms with van der Waals surface area (Å²) in [5, 5.41) is 3.07. The molecule has 1 heterocycles. The van der Waals surface area contributed by atoms with E-state index >= 15 is 0 Å². The predicted octanol–water partition coefficient (Wildman–Crippen LogP) is 4.14. The number of thiocarbonyl (C=S) groups is 1. The number of likely N-dealkylation sites (N-methyl/N-ethyl adjacent to an activating group) is 1. The Hall–Kier alpha value is -2.41. The summed E-state index contributed by atoms with van der Waals surface area (Å²) in [4.78, 5) is 25.6. The first-order chi connectivity index (χ1) is 13.3. The van der Waals surface area contributed by atoms with Gasteiger partial charge in [-0.3, -0.25) is 19.8 Å². The van der Waals surface area contributed by atoms with Crippen molar-refractivity contribution in [1.29, 1.82) is 0 Å². The summed E-state index contributed by atoms with van der Waals surface area (Å²) in [6, 6.07) is 11.1. The lowest BCUT2D eigenvalue weighted by Crippen LogP contribution is -2.52. The van der Waals surface area contributed by atoms with Crippen LogP contribution >= 0.6 is 35.4 Å². The number of hydrogen-bond donors (Lipinski definition) is 1. The molecule has 8 heteroatoms. The monoisotopic (exact) mass is 434 g/mol. The molecule has 0 aromatic heterocycles. The SMILES string of the molecule is Cc1cccc(COc2c(Cl)cc(/C=C3\C(=O)NC(=S)N(C)C3=O)cc2Cl)c1. The van der Waals surface area contributed by atoms with Crippen molar-refractivity contribution in [2.45, 2.75) is 13.5 Å². The van der Waals surface area contributed by atoms with Gasteiger partial charge in [0.25, 0.3) is 11.8 Å². The summed E-state index contributed by atoms with van der Waals surface area (Å²) in [5.41, 5.74) is 2.55. The molecule has 1 saturated heterocycles. The van der Waals surface area contributed by atoms with Gasteiger partial charge in [-0.15, -0.1) is 0 Å². The zero-order valence-corrected chi connectivity index (χ0v) is 17.4. The highest BCUT2D eigenvalue weighted by molar-refractivity contribution is 7.80. The van der Waals surface area contributed by atoms with E-state index in [1.807, 2.05) is 31.2 Å². The fraction of sp³-hybridized carbons (Fsp3) is 0.150. The van der Waals surface area contributed by atoms with Gasteiger partial charge >= 0.3 is 0 Å². The van der Waals surface area contributed by atoms with Crippen molar-refractivity contribution >= 4 is 58.4 Å². The van der Waals surface area contributed by atoms with E-state index in [1.54, 1.807) is 12.1 Å². The van der Waals surface area contributed by atoms with Crippen molar-refractivity contribution in [1.82, 2.24) is 10.2 Å². The first-order valence-corrected chi connectivity index (χ1v) is 9.45. The van der Waals surface area contributed by atoms with Crippen LogP contribution in [0, 0.1) is 6.92 Å².